The maximum Gasteiger partial charge on any atom is 0.141 e. The smallest absolute Gasteiger partial charge is 0.141 e. The van der Waals surface area contributed by atoms with Gasteiger partial charge in [-0.05, 0) is 30.9 Å². The molecule has 0 amide bonds. The molecule has 1 aliphatic rings. The molecule has 16 heavy (non-hydrogen) atoms. The molecule has 0 saturated heterocycles. The second-order valence-electron chi connectivity index (χ2n) is 4.17. The summed E-state index contributed by atoms with van der Waals surface area (Å²) in [6.45, 7) is 0. The van der Waals surface area contributed by atoms with Crippen LogP contribution in [-0.4, -0.2) is 26.2 Å². The van der Waals surface area contributed by atoms with E-state index in [-0.39, 0.29) is 6.10 Å². The molecule has 0 bridgehead atoms. The van der Waals surface area contributed by atoms with Crippen LogP contribution in [0.5, 0.6) is 0 Å². The highest BCUT2D eigenvalue weighted by molar-refractivity contribution is 5.81. The lowest BCUT2D eigenvalue weighted by Gasteiger charge is -2.16. The molecule has 1 atom stereocenters. The molecule has 3 rings (SSSR count). The predicted molar refractivity (Wildman–Crippen MR) is 61.7 cm³/mol. The van der Waals surface area contributed by atoms with Crippen molar-refractivity contribution in [3.63, 3.8) is 0 Å². The first-order valence-electron chi connectivity index (χ1n) is 5.49. The number of hydrogen-bond acceptors (Lipinski definition) is 3. The number of nitrogens with zero attached hydrogens (tertiary/aromatic N) is 2. The van der Waals surface area contributed by atoms with E-state index in [1.807, 2.05) is 0 Å². The van der Waals surface area contributed by atoms with Crippen molar-refractivity contribution in [3.8, 4) is 0 Å². The van der Waals surface area contributed by atoms with E-state index in [1.54, 1.807) is 12.5 Å². The molecule has 1 unspecified atom stereocenters. The number of aliphatic hydroxyl groups excluding tert-OH is 1. The molecule has 82 valence electrons. The lowest BCUT2D eigenvalue weighted by Crippen LogP contribution is -2.09. The van der Waals surface area contributed by atoms with E-state index in [4.69, 9.17) is 0 Å². The van der Waals surface area contributed by atoms with Gasteiger partial charge in [-0.3, -0.25) is 0 Å². The predicted octanol–water partition coefficient (Wildman–Crippen LogP) is 1.89. The minimum atomic E-state index is -0.173. The van der Waals surface area contributed by atoms with Crippen LogP contribution < -0.4 is 0 Å². The number of nitrogens with one attached hydrogen (secondary N) is 1. The molecule has 2 aromatic heterocycles. The number of H-pyrrole nitrogens is 1. The van der Waals surface area contributed by atoms with Crippen LogP contribution in [0.1, 0.15) is 25.0 Å². The Morgan fingerprint density at radius 2 is 2.38 bits per heavy atom. The summed E-state index contributed by atoms with van der Waals surface area (Å²) in [4.78, 5) is 11.4. The Balaban J connectivity index is 2.00. The Bertz CT molecular complexity index is 511. The van der Waals surface area contributed by atoms with Gasteiger partial charge in [0, 0.05) is 17.3 Å². The van der Waals surface area contributed by atoms with E-state index < -0.39 is 0 Å². The molecule has 4 nitrogen and oxygen atoms in total. The zero-order chi connectivity index (χ0) is 11.0. The lowest BCUT2D eigenvalue weighted by atomic mass is 9.95. The van der Waals surface area contributed by atoms with Gasteiger partial charge in [-0.2, -0.15) is 0 Å². The monoisotopic (exact) mass is 215 g/mol. The normalized spacial score (nSPS) is 21.1. The topological polar surface area (TPSA) is 61.8 Å². The van der Waals surface area contributed by atoms with Crippen LogP contribution in [0.3, 0.4) is 0 Å². The van der Waals surface area contributed by atoms with Crippen molar-refractivity contribution in [3.05, 3.63) is 30.4 Å². The highest BCUT2D eigenvalue weighted by atomic mass is 16.3. The zero-order valence-electron chi connectivity index (χ0n) is 8.85. The number of hydrogen-bond donors (Lipinski definition) is 2. The first-order valence-corrected chi connectivity index (χ1v) is 5.49. The molecule has 1 aliphatic carbocycles. The van der Waals surface area contributed by atoms with Crippen LogP contribution >= 0.6 is 0 Å². The number of allylic oxidation sites excluding steroid dienone is 1. The Labute approximate surface area is 93.0 Å². The van der Waals surface area contributed by atoms with Gasteiger partial charge in [0.2, 0.25) is 0 Å². The van der Waals surface area contributed by atoms with Crippen LogP contribution in [0, 0.1) is 0 Å². The van der Waals surface area contributed by atoms with Crippen molar-refractivity contribution < 1.29 is 5.11 Å². The maximum atomic E-state index is 9.44. The second-order valence-corrected chi connectivity index (χ2v) is 4.17. The third-order valence-electron chi connectivity index (χ3n) is 3.02. The molecule has 2 heterocycles. The van der Waals surface area contributed by atoms with Gasteiger partial charge < -0.3 is 10.1 Å². The van der Waals surface area contributed by atoms with E-state index >= 15 is 0 Å². The average molecular weight is 215 g/mol. The van der Waals surface area contributed by atoms with Gasteiger partial charge in [-0.1, -0.05) is 6.08 Å². The number of aromatic amines is 1. The lowest BCUT2D eigenvalue weighted by molar-refractivity contribution is 0.166. The van der Waals surface area contributed by atoms with Crippen molar-refractivity contribution >= 4 is 16.6 Å². The van der Waals surface area contributed by atoms with E-state index in [9.17, 15) is 5.11 Å². The summed E-state index contributed by atoms with van der Waals surface area (Å²) in [6.07, 6.45) is 7.78. The van der Waals surface area contributed by atoms with Gasteiger partial charge in [0.05, 0.1) is 6.10 Å². The molecule has 0 spiro atoms. The van der Waals surface area contributed by atoms with E-state index in [0.29, 0.717) is 0 Å². The number of rotatable bonds is 1. The summed E-state index contributed by atoms with van der Waals surface area (Å²) in [5.41, 5.74) is 3.24. The van der Waals surface area contributed by atoms with Crippen LogP contribution in [0.2, 0.25) is 0 Å². The number of aromatic nitrogens is 3. The molecular formula is C12H13N3O. The summed E-state index contributed by atoms with van der Waals surface area (Å²) in [5, 5.41) is 10.5. The van der Waals surface area contributed by atoms with Gasteiger partial charge in [0.25, 0.3) is 0 Å². The average Bonchev–Trinajstić information content (AvgIpc) is 2.73. The fraction of sp³-hybridized carbons (Fsp3) is 0.333. The van der Waals surface area contributed by atoms with Crippen molar-refractivity contribution in [2.45, 2.75) is 25.4 Å². The number of fused-ring (bicyclic) bond motifs is 1. The summed E-state index contributed by atoms with van der Waals surface area (Å²) in [7, 11) is 0. The highest BCUT2D eigenvalue weighted by Crippen LogP contribution is 2.27. The Hall–Kier alpha value is -1.68. The fourth-order valence-electron chi connectivity index (χ4n) is 2.11. The molecule has 0 fully saturated rings. The molecule has 4 heteroatoms. The zero-order valence-corrected chi connectivity index (χ0v) is 8.85. The third kappa shape index (κ3) is 1.61. The Morgan fingerprint density at radius 3 is 3.12 bits per heavy atom. The van der Waals surface area contributed by atoms with E-state index in [1.165, 1.54) is 5.57 Å². The summed E-state index contributed by atoms with van der Waals surface area (Å²) in [6, 6.07) is 2.07. The van der Waals surface area contributed by atoms with Gasteiger partial charge in [-0.25, -0.2) is 9.97 Å². The molecule has 0 radical (unpaired) electrons. The quantitative estimate of drug-likeness (QED) is 0.763. The molecule has 0 aliphatic heterocycles. The minimum Gasteiger partial charge on any atom is -0.393 e. The van der Waals surface area contributed by atoms with Crippen LogP contribution in [0.15, 0.2) is 24.7 Å². The van der Waals surface area contributed by atoms with E-state index in [0.717, 1.165) is 36.0 Å². The molecule has 2 aromatic rings. The third-order valence-corrected chi connectivity index (χ3v) is 3.02. The van der Waals surface area contributed by atoms with Gasteiger partial charge in [-0.15, -0.1) is 0 Å². The SMILES string of the molecule is OC1CC=C(c2cc3cncnc3[nH]2)CC1. The van der Waals surface area contributed by atoms with E-state index in [2.05, 4.69) is 27.1 Å². The molecule has 0 saturated carbocycles. The largest absolute Gasteiger partial charge is 0.393 e. The van der Waals surface area contributed by atoms with Gasteiger partial charge in [0.1, 0.15) is 12.0 Å². The molecule has 0 aromatic carbocycles. The Kier molecular flexibility index (Phi) is 2.22. The number of aliphatic hydroxyl groups is 1. The molecule has 2 N–H and O–H groups in total. The summed E-state index contributed by atoms with van der Waals surface area (Å²) >= 11 is 0. The fourth-order valence-corrected chi connectivity index (χ4v) is 2.11. The van der Waals surface area contributed by atoms with Crippen molar-refractivity contribution in [2.75, 3.05) is 0 Å². The molecular weight excluding hydrogens is 202 g/mol. The summed E-state index contributed by atoms with van der Waals surface area (Å²) in [5.74, 6) is 0. The summed E-state index contributed by atoms with van der Waals surface area (Å²) < 4.78 is 0. The Morgan fingerprint density at radius 1 is 1.44 bits per heavy atom. The maximum absolute atomic E-state index is 9.44. The highest BCUT2D eigenvalue weighted by Gasteiger charge is 2.14. The van der Waals surface area contributed by atoms with Crippen LogP contribution in [0.25, 0.3) is 16.6 Å². The van der Waals surface area contributed by atoms with Crippen molar-refractivity contribution in [1.29, 1.82) is 0 Å². The first kappa shape index (κ1) is 9.54. The first-order chi connectivity index (χ1) is 7.83. The van der Waals surface area contributed by atoms with Crippen LogP contribution in [0.4, 0.5) is 0 Å². The van der Waals surface area contributed by atoms with Crippen molar-refractivity contribution in [1.82, 2.24) is 15.0 Å². The van der Waals surface area contributed by atoms with Crippen LogP contribution in [-0.2, 0) is 0 Å². The standard InChI is InChI=1S/C12H13N3O/c16-10-3-1-8(2-4-10)11-5-9-6-13-7-14-12(9)15-11/h1,5-7,10,16H,2-4H2,(H,13,14,15). The minimum absolute atomic E-state index is 0.173. The second kappa shape index (κ2) is 3.72. The van der Waals surface area contributed by atoms with Gasteiger partial charge in [0.15, 0.2) is 0 Å². The van der Waals surface area contributed by atoms with Gasteiger partial charge >= 0.3 is 0 Å². The van der Waals surface area contributed by atoms with Crippen molar-refractivity contribution in [2.24, 2.45) is 0 Å².